The van der Waals surface area contributed by atoms with Gasteiger partial charge in [-0.05, 0) is 64.0 Å². The number of ether oxygens (including phenoxy) is 1. The average molecular weight is 353 g/mol. The third-order valence-corrected chi connectivity index (χ3v) is 4.83. The molecular weight excluding hydrogens is 326 g/mol. The van der Waals surface area contributed by atoms with Crippen LogP contribution in [0.25, 0.3) is 0 Å². The molecule has 5 nitrogen and oxygen atoms in total. The van der Waals surface area contributed by atoms with Crippen molar-refractivity contribution in [2.24, 2.45) is 5.92 Å². The van der Waals surface area contributed by atoms with Crippen LogP contribution >= 0.6 is 0 Å². The van der Waals surface area contributed by atoms with Gasteiger partial charge in [-0.1, -0.05) is 18.2 Å². The molecule has 1 aromatic carbocycles. The number of pyridine rings is 1. The lowest BCUT2D eigenvalue weighted by atomic mass is 9.93. The normalized spacial score (nSPS) is 15.3. The van der Waals surface area contributed by atoms with Crippen LogP contribution in [-0.4, -0.2) is 54.4 Å². The van der Waals surface area contributed by atoms with Gasteiger partial charge in [0.25, 0.3) is 5.91 Å². The minimum atomic E-state index is 0.0661. The number of hydrogen-bond acceptors (Lipinski definition) is 4. The molecule has 0 aliphatic carbocycles. The van der Waals surface area contributed by atoms with Crippen molar-refractivity contribution in [1.29, 1.82) is 0 Å². The maximum atomic E-state index is 12.8. The second-order valence-electron chi connectivity index (χ2n) is 7.13. The third-order valence-electron chi connectivity index (χ3n) is 4.83. The van der Waals surface area contributed by atoms with Crippen molar-refractivity contribution in [2.45, 2.75) is 19.3 Å². The smallest absolute Gasteiger partial charge is 0.254 e. The van der Waals surface area contributed by atoms with Gasteiger partial charge in [0.15, 0.2) is 0 Å². The highest BCUT2D eigenvalue weighted by Gasteiger charge is 2.24. The monoisotopic (exact) mass is 353 g/mol. The number of piperidine rings is 1. The average Bonchev–Trinajstić information content (AvgIpc) is 2.67. The molecule has 1 saturated heterocycles. The van der Waals surface area contributed by atoms with Crippen LogP contribution in [0.3, 0.4) is 0 Å². The van der Waals surface area contributed by atoms with Crippen molar-refractivity contribution in [3.63, 3.8) is 0 Å². The minimum Gasteiger partial charge on any atom is -0.439 e. The largest absolute Gasteiger partial charge is 0.439 e. The number of benzene rings is 1. The molecule has 3 rings (SSSR count). The van der Waals surface area contributed by atoms with Crippen molar-refractivity contribution in [3.8, 4) is 11.6 Å². The molecule has 0 saturated carbocycles. The molecule has 2 aromatic rings. The van der Waals surface area contributed by atoms with E-state index in [1.165, 1.54) is 6.42 Å². The Morgan fingerprint density at radius 3 is 2.62 bits per heavy atom. The van der Waals surface area contributed by atoms with Crippen molar-refractivity contribution in [3.05, 3.63) is 54.2 Å². The lowest BCUT2D eigenvalue weighted by Gasteiger charge is -2.32. The molecule has 0 atom stereocenters. The Kier molecular flexibility index (Phi) is 6.23. The molecule has 0 unspecified atom stereocenters. The van der Waals surface area contributed by atoms with Gasteiger partial charge in [0.05, 0.1) is 0 Å². The zero-order chi connectivity index (χ0) is 18.4. The molecule has 1 fully saturated rings. The maximum absolute atomic E-state index is 12.8. The van der Waals surface area contributed by atoms with E-state index >= 15 is 0 Å². The van der Waals surface area contributed by atoms with Crippen LogP contribution in [0.2, 0.25) is 0 Å². The van der Waals surface area contributed by atoms with Crippen molar-refractivity contribution in [2.75, 3.05) is 33.7 Å². The second-order valence-corrected chi connectivity index (χ2v) is 7.13. The van der Waals surface area contributed by atoms with Gasteiger partial charge in [0, 0.05) is 30.9 Å². The number of nitrogens with zero attached hydrogens (tertiary/aromatic N) is 3. The second kappa shape index (κ2) is 8.81. The zero-order valence-electron chi connectivity index (χ0n) is 15.6. The summed E-state index contributed by atoms with van der Waals surface area (Å²) in [6, 6.07) is 13.0. The third kappa shape index (κ3) is 5.05. The van der Waals surface area contributed by atoms with Crippen molar-refractivity contribution < 1.29 is 9.53 Å². The number of likely N-dealkylation sites (tertiary alicyclic amines) is 1. The highest BCUT2D eigenvalue weighted by Crippen LogP contribution is 2.24. The molecule has 0 N–H and O–H groups in total. The van der Waals surface area contributed by atoms with Gasteiger partial charge in [0.1, 0.15) is 5.75 Å². The summed E-state index contributed by atoms with van der Waals surface area (Å²) in [6.45, 7) is 2.77. The van der Waals surface area contributed by atoms with Gasteiger partial charge in [-0.15, -0.1) is 0 Å². The number of para-hydroxylation sites is 1. The summed E-state index contributed by atoms with van der Waals surface area (Å²) in [5.41, 5.74) is 0.637. The molecule has 1 aliphatic rings. The van der Waals surface area contributed by atoms with Crippen LogP contribution < -0.4 is 4.74 Å². The molecule has 0 spiro atoms. The Balaban J connectivity index is 1.58. The summed E-state index contributed by atoms with van der Waals surface area (Å²) < 4.78 is 5.74. The topological polar surface area (TPSA) is 45.7 Å². The minimum absolute atomic E-state index is 0.0661. The molecular formula is C21H27N3O2. The summed E-state index contributed by atoms with van der Waals surface area (Å²) in [4.78, 5) is 21.2. The maximum Gasteiger partial charge on any atom is 0.254 e. The molecule has 1 aromatic heterocycles. The number of amides is 1. The van der Waals surface area contributed by atoms with Gasteiger partial charge in [-0.25, -0.2) is 4.98 Å². The summed E-state index contributed by atoms with van der Waals surface area (Å²) in [7, 11) is 4.22. The lowest BCUT2D eigenvalue weighted by molar-refractivity contribution is 0.0683. The summed E-state index contributed by atoms with van der Waals surface area (Å²) in [6.07, 6.45) is 5.00. The number of hydrogen-bond donors (Lipinski definition) is 0. The van der Waals surface area contributed by atoms with Crippen LogP contribution in [0, 0.1) is 5.92 Å². The van der Waals surface area contributed by atoms with E-state index in [-0.39, 0.29) is 5.91 Å². The molecule has 26 heavy (non-hydrogen) atoms. The Morgan fingerprint density at radius 1 is 1.19 bits per heavy atom. The first kappa shape index (κ1) is 18.4. The molecule has 0 radical (unpaired) electrons. The SMILES string of the molecule is CN(C)CCC1CCN(C(=O)c2ccnc(Oc3ccccc3)c2)CC1. The summed E-state index contributed by atoms with van der Waals surface area (Å²) in [5.74, 6) is 1.95. The molecule has 138 valence electrons. The first-order chi connectivity index (χ1) is 12.6. The predicted octanol–water partition coefficient (Wildman–Crippen LogP) is 3.68. The first-order valence-electron chi connectivity index (χ1n) is 9.25. The summed E-state index contributed by atoms with van der Waals surface area (Å²) >= 11 is 0. The highest BCUT2D eigenvalue weighted by atomic mass is 16.5. The number of carbonyl (C=O) groups is 1. The van der Waals surface area contributed by atoms with E-state index in [1.807, 2.05) is 35.2 Å². The Morgan fingerprint density at radius 2 is 1.92 bits per heavy atom. The van der Waals surface area contributed by atoms with E-state index in [0.717, 1.165) is 38.4 Å². The fourth-order valence-electron chi connectivity index (χ4n) is 3.26. The van der Waals surface area contributed by atoms with E-state index < -0.39 is 0 Å². The van der Waals surface area contributed by atoms with E-state index in [0.29, 0.717) is 17.2 Å². The van der Waals surface area contributed by atoms with Crippen LogP contribution in [0.15, 0.2) is 48.7 Å². The quantitative estimate of drug-likeness (QED) is 0.795. The number of rotatable bonds is 6. The Labute approximate surface area is 155 Å². The fourth-order valence-corrected chi connectivity index (χ4v) is 3.26. The first-order valence-corrected chi connectivity index (χ1v) is 9.25. The van der Waals surface area contributed by atoms with Gasteiger partial charge >= 0.3 is 0 Å². The van der Waals surface area contributed by atoms with Crippen molar-refractivity contribution >= 4 is 5.91 Å². The number of aromatic nitrogens is 1. The van der Waals surface area contributed by atoms with Gasteiger partial charge < -0.3 is 14.5 Å². The van der Waals surface area contributed by atoms with Crippen LogP contribution in [0.4, 0.5) is 0 Å². The molecule has 0 bridgehead atoms. The van der Waals surface area contributed by atoms with E-state index in [2.05, 4.69) is 24.0 Å². The van der Waals surface area contributed by atoms with E-state index in [1.54, 1.807) is 18.3 Å². The van der Waals surface area contributed by atoms with E-state index in [9.17, 15) is 4.79 Å². The van der Waals surface area contributed by atoms with Gasteiger partial charge in [-0.2, -0.15) is 0 Å². The van der Waals surface area contributed by atoms with E-state index in [4.69, 9.17) is 4.74 Å². The predicted molar refractivity (Wildman–Crippen MR) is 103 cm³/mol. The van der Waals surface area contributed by atoms with Crippen LogP contribution in [-0.2, 0) is 0 Å². The zero-order valence-corrected chi connectivity index (χ0v) is 15.6. The molecule has 2 heterocycles. The molecule has 1 amide bonds. The molecule has 5 heteroatoms. The Hall–Kier alpha value is -2.40. The van der Waals surface area contributed by atoms with Crippen LogP contribution in [0.1, 0.15) is 29.6 Å². The van der Waals surface area contributed by atoms with Gasteiger partial charge in [-0.3, -0.25) is 4.79 Å². The molecule has 1 aliphatic heterocycles. The standard InChI is InChI=1S/C21H27N3O2/c1-23(2)13-9-17-10-14-24(15-11-17)21(25)18-8-12-22-20(16-18)26-19-6-4-3-5-7-19/h3-8,12,16-17H,9-11,13-15H2,1-2H3. The fraction of sp³-hybridized carbons (Fsp3) is 0.429. The van der Waals surface area contributed by atoms with Crippen molar-refractivity contribution in [1.82, 2.24) is 14.8 Å². The number of carbonyl (C=O) groups excluding carboxylic acids is 1. The lowest BCUT2D eigenvalue weighted by Crippen LogP contribution is -2.39. The highest BCUT2D eigenvalue weighted by molar-refractivity contribution is 5.94. The summed E-state index contributed by atoms with van der Waals surface area (Å²) in [5, 5.41) is 0. The van der Waals surface area contributed by atoms with Gasteiger partial charge in [0.2, 0.25) is 5.88 Å². The van der Waals surface area contributed by atoms with Crippen LogP contribution in [0.5, 0.6) is 11.6 Å². The Bertz CT molecular complexity index is 710.